The van der Waals surface area contributed by atoms with Crippen LogP contribution in [0.2, 0.25) is 0 Å². The summed E-state index contributed by atoms with van der Waals surface area (Å²) in [6.45, 7) is 5.58. The molecule has 1 aliphatic rings. The van der Waals surface area contributed by atoms with Crippen molar-refractivity contribution in [2.75, 3.05) is 0 Å². The molecule has 1 heterocycles. The van der Waals surface area contributed by atoms with Crippen LogP contribution in [-0.2, 0) is 14.4 Å². The van der Waals surface area contributed by atoms with Gasteiger partial charge in [-0.05, 0) is 12.8 Å². The molecule has 1 aliphatic heterocycles. The van der Waals surface area contributed by atoms with Crippen molar-refractivity contribution in [2.45, 2.75) is 46.1 Å². The summed E-state index contributed by atoms with van der Waals surface area (Å²) in [4.78, 5) is 34.1. The van der Waals surface area contributed by atoms with Crippen molar-refractivity contribution >= 4 is 17.7 Å². The van der Waals surface area contributed by atoms with Gasteiger partial charge in [0.1, 0.15) is 6.04 Å². The van der Waals surface area contributed by atoms with Crippen LogP contribution in [0.5, 0.6) is 0 Å². The lowest BCUT2D eigenvalue weighted by molar-refractivity contribution is -0.139. The van der Waals surface area contributed by atoms with Crippen LogP contribution in [-0.4, -0.2) is 23.8 Å². The van der Waals surface area contributed by atoms with Gasteiger partial charge in [0, 0.05) is 11.8 Å². The number of carbonyl (C=O) groups excluding carboxylic acids is 3. The van der Waals surface area contributed by atoms with Crippen molar-refractivity contribution in [3.8, 4) is 0 Å². The summed E-state index contributed by atoms with van der Waals surface area (Å²) < 4.78 is 0. The average molecular weight is 226 g/mol. The molecule has 0 aromatic heterocycles. The molecule has 5 nitrogen and oxygen atoms in total. The number of carbonyl (C=O) groups is 3. The summed E-state index contributed by atoms with van der Waals surface area (Å²) in [5.74, 6) is -0.828. The summed E-state index contributed by atoms with van der Waals surface area (Å²) in [6.07, 6.45) is 1.37. The van der Waals surface area contributed by atoms with Crippen molar-refractivity contribution in [2.24, 2.45) is 5.41 Å². The average Bonchev–Trinajstić information content (AvgIpc) is 2.22. The van der Waals surface area contributed by atoms with Crippen LogP contribution in [0, 0.1) is 5.41 Å². The minimum Gasteiger partial charge on any atom is -0.344 e. The number of hydrogen-bond donors (Lipinski definition) is 2. The standard InChI is InChI=1S/C11H18N2O3/c1-4-11(2,3)10(16)12-7-5-6-8(14)13-9(7)15/h7H,4-6H2,1-3H3,(H,12,16)(H,13,14,15). The molecule has 90 valence electrons. The second-order valence-electron chi connectivity index (χ2n) is 4.71. The highest BCUT2D eigenvalue weighted by molar-refractivity contribution is 6.01. The van der Waals surface area contributed by atoms with E-state index in [2.05, 4.69) is 10.6 Å². The largest absolute Gasteiger partial charge is 0.344 e. The van der Waals surface area contributed by atoms with E-state index in [9.17, 15) is 14.4 Å². The van der Waals surface area contributed by atoms with Crippen molar-refractivity contribution in [1.29, 1.82) is 0 Å². The van der Waals surface area contributed by atoms with E-state index in [1.54, 1.807) is 0 Å². The first kappa shape index (κ1) is 12.7. The van der Waals surface area contributed by atoms with Gasteiger partial charge in [-0.1, -0.05) is 20.8 Å². The molecule has 1 fully saturated rings. The Kier molecular flexibility index (Phi) is 3.67. The maximum atomic E-state index is 11.8. The van der Waals surface area contributed by atoms with Gasteiger partial charge in [0.25, 0.3) is 0 Å². The van der Waals surface area contributed by atoms with Gasteiger partial charge >= 0.3 is 0 Å². The van der Waals surface area contributed by atoms with Crippen molar-refractivity contribution in [1.82, 2.24) is 10.6 Å². The second-order valence-corrected chi connectivity index (χ2v) is 4.71. The van der Waals surface area contributed by atoms with E-state index in [-0.39, 0.29) is 18.2 Å². The van der Waals surface area contributed by atoms with Gasteiger partial charge < -0.3 is 5.32 Å². The zero-order chi connectivity index (χ0) is 12.3. The Balaban J connectivity index is 2.58. The highest BCUT2D eigenvalue weighted by Crippen LogP contribution is 2.20. The Morgan fingerprint density at radius 2 is 2.12 bits per heavy atom. The van der Waals surface area contributed by atoms with Crippen molar-refractivity contribution < 1.29 is 14.4 Å². The first-order valence-corrected chi connectivity index (χ1v) is 5.51. The molecule has 0 spiro atoms. The molecule has 0 radical (unpaired) electrons. The van der Waals surface area contributed by atoms with Gasteiger partial charge in [-0.25, -0.2) is 0 Å². The molecule has 0 saturated carbocycles. The molecule has 3 amide bonds. The third-order valence-corrected chi connectivity index (χ3v) is 3.04. The molecule has 1 atom stereocenters. The van der Waals surface area contributed by atoms with Crippen molar-refractivity contribution in [3.63, 3.8) is 0 Å². The van der Waals surface area contributed by atoms with Gasteiger partial charge in [0.2, 0.25) is 17.7 Å². The number of hydrogen-bond acceptors (Lipinski definition) is 3. The monoisotopic (exact) mass is 226 g/mol. The molecule has 0 aliphatic carbocycles. The van der Waals surface area contributed by atoms with E-state index in [0.717, 1.165) is 0 Å². The fourth-order valence-corrected chi connectivity index (χ4v) is 1.35. The van der Waals surface area contributed by atoms with E-state index < -0.39 is 17.4 Å². The molecule has 1 saturated heterocycles. The molecule has 5 heteroatoms. The van der Waals surface area contributed by atoms with Gasteiger partial charge in [-0.3, -0.25) is 19.7 Å². The predicted octanol–water partition coefficient (Wildman–Crippen LogP) is 0.344. The predicted molar refractivity (Wildman–Crippen MR) is 58.4 cm³/mol. The van der Waals surface area contributed by atoms with Crippen LogP contribution in [0.3, 0.4) is 0 Å². The lowest BCUT2D eigenvalue weighted by Gasteiger charge is -2.27. The number of nitrogens with one attached hydrogen (secondary N) is 2. The molecule has 1 rings (SSSR count). The highest BCUT2D eigenvalue weighted by atomic mass is 16.2. The lowest BCUT2D eigenvalue weighted by Crippen LogP contribution is -2.54. The molecule has 1 unspecified atom stereocenters. The normalized spacial score (nSPS) is 21.6. The van der Waals surface area contributed by atoms with Crippen LogP contribution in [0.4, 0.5) is 0 Å². The second kappa shape index (κ2) is 4.63. The first-order chi connectivity index (χ1) is 7.36. The first-order valence-electron chi connectivity index (χ1n) is 5.51. The fourth-order valence-electron chi connectivity index (χ4n) is 1.35. The topological polar surface area (TPSA) is 75.3 Å². The Morgan fingerprint density at radius 1 is 1.50 bits per heavy atom. The summed E-state index contributed by atoms with van der Waals surface area (Å²) in [6, 6.07) is -0.573. The van der Waals surface area contributed by atoms with E-state index >= 15 is 0 Å². The minimum atomic E-state index is -0.573. The summed E-state index contributed by atoms with van der Waals surface area (Å²) in [7, 11) is 0. The molecule has 0 aromatic carbocycles. The van der Waals surface area contributed by atoms with Gasteiger partial charge in [0.05, 0.1) is 0 Å². The maximum absolute atomic E-state index is 11.8. The third-order valence-electron chi connectivity index (χ3n) is 3.04. The Bertz CT molecular complexity index is 323. The highest BCUT2D eigenvalue weighted by Gasteiger charge is 2.32. The van der Waals surface area contributed by atoms with Gasteiger partial charge in [0.15, 0.2) is 0 Å². The molecular formula is C11H18N2O3. The number of piperidine rings is 1. The fraction of sp³-hybridized carbons (Fsp3) is 0.727. The lowest BCUT2D eigenvalue weighted by atomic mass is 9.88. The van der Waals surface area contributed by atoms with Gasteiger partial charge in [-0.15, -0.1) is 0 Å². The SMILES string of the molecule is CCC(C)(C)C(=O)NC1CCC(=O)NC1=O. The zero-order valence-corrected chi connectivity index (χ0v) is 9.92. The van der Waals surface area contributed by atoms with E-state index in [4.69, 9.17) is 0 Å². The van der Waals surface area contributed by atoms with Gasteiger partial charge in [-0.2, -0.15) is 0 Å². The van der Waals surface area contributed by atoms with Crippen LogP contribution in [0.25, 0.3) is 0 Å². The van der Waals surface area contributed by atoms with Crippen LogP contribution in [0.1, 0.15) is 40.0 Å². The van der Waals surface area contributed by atoms with Crippen LogP contribution < -0.4 is 10.6 Å². The Morgan fingerprint density at radius 3 is 2.62 bits per heavy atom. The van der Waals surface area contributed by atoms with Crippen molar-refractivity contribution in [3.05, 3.63) is 0 Å². The summed E-state index contributed by atoms with van der Waals surface area (Å²) in [5.41, 5.74) is -0.484. The Hall–Kier alpha value is -1.39. The Labute approximate surface area is 95.0 Å². The van der Waals surface area contributed by atoms with E-state index in [1.807, 2.05) is 20.8 Å². The summed E-state index contributed by atoms with van der Waals surface area (Å²) in [5, 5.41) is 4.89. The van der Waals surface area contributed by atoms with E-state index in [0.29, 0.717) is 12.8 Å². The molecule has 0 bridgehead atoms. The summed E-state index contributed by atoms with van der Waals surface area (Å²) >= 11 is 0. The van der Waals surface area contributed by atoms with E-state index in [1.165, 1.54) is 0 Å². The molecule has 0 aromatic rings. The third kappa shape index (κ3) is 2.81. The van der Waals surface area contributed by atoms with Crippen LogP contribution in [0.15, 0.2) is 0 Å². The quantitative estimate of drug-likeness (QED) is 0.681. The number of rotatable bonds is 3. The molecular weight excluding hydrogens is 208 g/mol. The zero-order valence-electron chi connectivity index (χ0n) is 9.92. The number of imide groups is 1. The van der Waals surface area contributed by atoms with Crippen LogP contribution >= 0.6 is 0 Å². The maximum Gasteiger partial charge on any atom is 0.249 e. The smallest absolute Gasteiger partial charge is 0.249 e. The molecule has 16 heavy (non-hydrogen) atoms. The number of amides is 3. The minimum absolute atomic E-state index is 0.149. The molecule has 2 N–H and O–H groups in total.